The zero-order valence-electron chi connectivity index (χ0n) is 12.8. The molecular weight excluding hydrogens is 236 g/mol. The number of aryl methyl sites for hydroxylation is 1. The van der Waals surface area contributed by atoms with Crippen LogP contribution in [-0.4, -0.2) is 14.9 Å². The van der Waals surface area contributed by atoms with Crippen LogP contribution in [0.3, 0.4) is 0 Å². The Morgan fingerprint density at radius 2 is 1.84 bits per heavy atom. The molecule has 1 saturated carbocycles. The summed E-state index contributed by atoms with van der Waals surface area (Å²) in [6.07, 6.45) is 6.54. The van der Waals surface area contributed by atoms with Gasteiger partial charge in [0.2, 0.25) is 0 Å². The topological polar surface area (TPSA) is 38.0 Å². The van der Waals surface area contributed by atoms with Crippen molar-refractivity contribution < 1.29 is 5.11 Å². The van der Waals surface area contributed by atoms with Crippen molar-refractivity contribution in [2.24, 2.45) is 5.92 Å². The van der Waals surface area contributed by atoms with E-state index in [4.69, 9.17) is 5.10 Å². The summed E-state index contributed by atoms with van der Waals surface area (Å²) in [6.45, 7) is 8.51. The molecule has 2 rings (SSSR count). The standard InChI is InChI=1S/C16H28N2O/c1-5-14-16(12(4)19)15(6-2)18(17-14)13-9-7-11(3)8-10-13/h11-13,19H,5-10H2,1-4H3. The minimum atomic E-state index is -0.402. The summed E-state index contributed by atoms with van der Waals surface area (Å²) in [5.74, 6) is 0.860. The van der Waals surface area contributed by atoms with Crippen molar-refractivity contribution in [2.75, 3.05) is 0 Å². The summed E-state index contributed by atoms with van der Waals surface area (Å²) in [7, 11) is 0. The van der Waals surface area contributed by atoms with E-state index in [-0.39, 0.29) is 0 Å². The highest BCUT2D eigenvalue weighted by molar-refractivity contribution is 5.29. The average Bonchev–Trinajstić information content (AvgIpc) is 2.78. The van der Waals surface area contributed by atoms with E-state index in [9.17, 15) is 5.11 Å². The van der Waals surface area contributed by atoms with Gasteiger partial charge in [0.05, 0.1) is 17.8 Å². The number of rotatable bonds is 4. The molecule has 1 heterocycles. The van der Waals surface area contributed by atoms with E-state index in [0.717, 1.165) is 30.0 Å². The first-order valence-corrected chi connectivity index (χ1v) is 7.86. The molecular formula is C16H28N2O. The fourth-order valence-electron chi connectivity index (χ4n) is 3.42. The largest absolute Gasteiger partial charge is 0.389 e. The van der Waals surface area contributed by atoms with Gasteiger partial charge in [-0.2, -0.15) is 5.10 Å². The summed E-state index contributed by atoms with van der Waals surface area (Å²) in [6, 6.07) is 0.545. The Balaban J connectivity index is 2.34. The lowest BCUT2D eigenvalue weighted by Crippen LogP contribution is -2.20. The lowest BCUT2D eigenvalue weighted by molar-refractivity contribution is 0.196. The van der Waals surface area contributed by atoms with Crippen LogP contribution in [0, 0.1) is 5.92 Å². The molecule has 0 aromatic carbocycles. The van der Waals surface area contributed by atoms with Crippen LogP contribution < -0.4 is 0 Å². The maximum atomic E-state index is 10.0. The maximum absolute atomic E-state index is 10.0. The van der Waals surface area contributed by atoms with Gasteiger partial charge in [-0.25, -0.2) is 0 Å². The van der Waals surface area contributed by atoms with Crippen LogP contribution in [0.2, 0.25) is 0 Å². The van der Waals surface area contributed by atoms with E-state index in [1.807, 2.05) is 6.92 Å². The van der Waals surface area contributed by atoms with Crippen molar-refractivity contribution >= 4 is 0 Å². The van der Waals surface area contributed by atoms with Gasteiger partial charge in [0, 0.05) is 11.3 Å². The first-order chi connectivity index (χ1) is 9.08. The number of aliphatic hydroxyl groups is 1. The van der Waals surface area contributed by atoms with Gasteiger partial charge < -0.3 is 5.11 Å². The van der Waals surface area contributed by atoms with Crippen LogP contribution in [0.15, 0.2) is 0 Å². The van der Waals surface area contributed by atoms with E-state index < -0.39 is 6.10 Å². The minimum Gasteiger partial charge on any atom is -0.389 e. The average molecular weight is 264 g/mol. The molecule has 0 bridgehead atoms. The second-order valence-corrected chi connectivity index (χ2v) is 6.05. The molecule has 1 aromatic heterocycles. The van der Waals surface area contributed by atoms with Gasteiger partial charge in [0.1, 0.15) is 0 Å². The zero-order valence-corrected chi connectivity index (χ0v) is 12.8. The predicted molar refractivity (Wildman–Crippen MR) is 78.3 cm³/mol. The smallest absolute Gasteiger partial charge is 0.0798 e. The molecule has 3 heteroatoms. The molecule has 3 nitrogen and oxygen atoms in total. The highest BCUT2D eigenvalue weighted by Gasteiger charge is 2.26. The lowest BCUT2D eigenvalue weighted by Gasteiger charge is -2.28. The second-order valence-electron chi connectivity index (χ2n) is 6.05. The summed E-state index contributed by atoms with van der Waals surface area (Å²) in [5, 5.41) is 14.9. The summed E-state index contributed by atoms with van der Waals surface area (Å²) in [4.78, 5) is 0. The molecule has 1 atom stereocenters. The first kappa shape index (κ1) is 14.6. The molecule has 108 valence electrons. The van der Waals surface area contributed by atoms with E-state index in [2.05, 4.69) is 25.5 Å². The van der Waals surface area contributed by atoms with Crippen molar-refractivity contribution in [3.63, 3.8) is 0 Å². The molecule has 1 aliphatic carbocycles. The summed E-state index contributed by atoms with van der Waals surface area (Å²) < 4.78 is 2.24. The van der Waals surface area contributed by atoms with Crippen LogP contribution in [0.5, 0.6) is 0 Å². The van der Waals surface area contributed by atoms with E-state index >= 15 is 0 Å². The third-order valence-electron chi connectivity index (χ3n) is 4.55. The molecule has 1 aromatic rings. The van der Waals surface area contributed by atoms with Gasteiger partial charge in [-0.1, -0.05) is 20.8 Å². The SMILES string of the molecule is CCc1nn(C2CCC(C)CC2)c(CC)c1C(C)O. The normalized spacial score (nSPS) is 25.5. The van der Waals surface area contributed by atoms with Crippen molar-refractivity contribution in [1.29, 1.82) is 0 Å². The van der Waals surface area contributed by atoms with Crippen LogP contribution in [0.25, 0.3) is 0 Å². The minimum absolute atomic E-state index is 0.402. The number of nitrogens with zero attached hydrogens (tertiary/aromatic N) is 2. The van der Waals surface area contributed by atoms with Gasteiger partial charge in [-0.3, -0.25) is 4.68 Å². The fourth-order valence-corrected chi connectivity index (χ4v) is 3.42. The number of hydrogen-bond acceptors (Lipinski definition) is 2. The summed E-state index contributed by atoms with van der Waals surface area (Å²) in [5.41, 5.74) is 3.43. The monoisotopic (exact) mass is 264 g/mol. The molecule has 0 aliphatic heterocycles. The van der Waals surface area contributed by atoms with E-state index in [1.165, 1.54) is 31.4 Å². The Morgan fingerprint density at radius 1 is 1.21 bits per heavy atom. The molecule has 1 unspecified atom stereocenters. The third kappa shape index (κ3) is 2.86. The second kappa shape index (κ2) is 6.08. The van der Waals surface area contributed by atoms with Crippen LogP contribution in [0.1, 0.15) is 82.5 Å². The number of aromatic nitrogens is 2. The van der Waals surface area contributed by atoms with Gasteiger partial charge in [0.25, 0.3) is 0 Å². The summed E-state index contributed by atoms with van der Waals surface area (Å²) >= 11 is 0. The van der Waals surface area contributed by atoms with E-state index in [0.29, 0.717) is 6.04 Å². The van der Waals surface area contributed by atoms with Gasteiger partial charge in [0.15, 0.2) is 0 Å². The third-order valence-corrected chi connectivity index (χ3v) is 4.55. The van der Waals surface area contributed by atoms with Crippen molar-refractivity contribution in [3.05, 3.63) is 17.0 Å². The first-order valence-electron chi connectivity index (χ1n) is 7.86. The van der Waals surface area contributed by atoms with Crippen molar-refractivity contribution in [3.8, 4) is 0 Å². The van der Waals surface area contributed by atoms with E-state index in [1.54, 1.807) is 0 Å². The highest BCUT2D eigenvalue weighted by atomic mass is 16.3. The van der Waals surface area contributed by atoms with Gasteiger partial charge in [-0.05, 0) is 51.4 Å². The van der Waals surface area contributed by atoms with Crippen LogP contribution in [-0.2, 0) is 12.8 Å². The number of aliphatic hydroxyl groups excluding tert-OH is 1. The predicted octanol–water partition coefficient (Wildman–Crippen LogP) is 3.81. The molecule has 0 spiro atoms. The zero-order chi connectivity index (χ0) is 14.0. The molecule has 19 heavy (non-hydrogen) atoms. The Labute approximate surface area is 117 Å². The van der Waals surface area contributed by atoms with Gasteiger partial charge >= 0.3 is 0 Å². The van der Waals surface area contributed by atoms with Crippen molar-refractivity contribution in [2.45, 2.75) is 78.4 Å². The molecule has 1 N–H and O–H groups in total. The molecule has 1 fully saturated rings. The Hall–Kier alpha value is -0.830. The molecule has 0 saturated heterocycles. The quantitative estimate of drug-likeness (QED) is 0.898. The Morgan fingerprint density at radius 3 is 2.32 bits per heavy atom. The molecule has 0 amide bonds. The molecule has 1 aliphatic rings. The fraction of sp³-hybridized carbons (Fsp3) is 0.812. The molecule has 0 radical (unpaired) electrons. The van der Waals surface area contributed by atoms with Gasteiger partial charge in [-0.15, -0.1) is 0 Å². The van der Waals surface area contributed by atoms with Crippen molar-refractivity contribution in [1.82, 2.24) is 9.78 Å². The Bertz CT molecular complexity index is 415. The van der Waals surface area contributed by atoms with Crippen LogP contribution in [0.4, 0.5) is 0 Å². The maximum Gasteiger partial charge on any atom is 0.0798 e. The highest BCUT2D eigenvalue weighted by Crippen LogP contribution is 2.35. The number of hydrogen-bond donors (Lipinski definition) is 1. The lowest BCUT2D eigenvalue weighted by atomic mass is 9.87. The Kier molecular flexibility index (Phi) is 4.67. The van der Waals surface area contributed by atoms with Crippen LogP contribution >= 0.6 is 0 Å².